The summed E-state index contributed by atoms with van der Waals surface area (Å²) in [5.41, 5.74) is 8.43. The van der Waals surface area contributed by atoms with Gasteiger partial charge in [0.25, 0.3) is 0 Å². The van der Waals surface area contributed by atoms with Gasteiger partial charge in [-0.15, -0.1) is 0 Å². The molecule has 2 N–H and O–H groups in total. The van der Waals surface area contributed by atoms with Crippen molar-refractivity contribution < 1.29 is 0 Å². The summed E-state index contributed by atoms with van der Waals surface area (Å²) in [4.78, 5) is 14.0. The third-order valence-corrected chi connectivity index (χ3v) is 3.65. The first kappa shape index (κ1) is 11.9. The first-order chi connectivity index (χ1) is 9.22. The lowest BCUT2D eigenvalue weighted by Crippen LogP contribution is -1.89. The number of aromatic nitrogens is 3. The quantitative estimate of drug-likeness (QED) is 0.571. The van der Waals surface area contributed by atoms with Crippen molar-refractivity contribution in [3.8, 4) is 0 Å². The van der Waals surface area contributed by atoms with Gasteiger partial charge in [0.05, 0.1) is 5.52 Å². The van der Waals surface area contributed by atoms with E-state index in [9.17, 15) is 0 Å². The van der Waals surface area contributed by atoms with Crippen molar-refractivity contribution >= 4 is 28.4 Å². The second kappa shape index (κ2) is 4.85. The number of aryl methyl sites for hydroxylation is 1. The number of hydrogen-bond acceptors (Lipinski definition) is 5. The Hall–Kier alpha value is -2.14. The highest BCUT2D eigenvalue weighted by Gasteiger charge is 2.06. The van der Waals surface area contributed by atoms with Crippen LogP contribution in [0.2, 0.25) is 0 Å². The molecule has 0 aliphatic heterocycles. The minimum absolute atomic E-state index is 0.716. The number of hydrogen-bond donors (Lipinski definition) is 1. The zero-order valence-corrected chi connectivity index (χ0v) is 11.2. The highest BCUT2D eigenvalue weighted by Crippen LogP contribution is 2.31. The zero-order valence-electron chi connectivity index (χ0n) is 10.4. The molecule has 0 saturated carbocycles. The largest absolute Gasteiger partial charge is 0.399 e. The van der Waals surface area contributed by atoms with Crippen LogP contribution in [0, 0.1) is 6.92 Å². The van der Waals surface area contributed by atoms with Gasteiger partial charge in [0.15, 0.2) is 5.16 Å². The van der Waals surface area contributed by atoms with Gasteiger partial charge in [-0.2, -0.15) is 0 Å². The normalized spacial score (nSPS) is 10.8. The lowest BCUT2D eigenvalue weighted by Gasteiger charge is -2.05. The number of anilines is 1. The number of nitrogen functional groups attached to an aromatic ring is 1. The Morgan fingerprint density at radius 3 is 2.63 bits per heavy atom. The van der Waals surface area contributed by atoms with E-state index in [1.807, 2.05) is 43.6 Å². The molecule has 4 nitrogen and oxygen atoms in total. The predicted molar refractivity (Wildman–Crippen MR) is 77.0 cm³/mol. The Morgan fingerprint density at radius 1 is 1.05 bits per heavy atom. The molecule has 0 bridgehead atoms. The van der Waals surface area contributed by atoms with Crippen LogP contribution >= 0.6 is 11.8 Å². The molecule has 2 aromatic heterocycles. The van der Waals surface area contributed by atoms with Crippen LogP contribution in [-0.2, 0) is 0 Å². The molecule has 0 radical (unpaired) electrons. The molecule has 0 atom stereocenters. The zero-order chi connectivity index (χ0) is 13.2. The summed E-state index contributed by atoms with van der Waals surface area (Å²) in [7, 11) is 0. The van der Waals surface area contributed by atoms with Gasteiger partial charge < -0.3 is 5.73 Å². The van der Waals surface area contributed by atoms with Crippen molar-refractivity contribution in [3.63, 3.8) is 0 Å². The second-order valence-electron chi connectivity index (χ2n) is 4.23. The van der Waals surface area contributed by atoms with E-state index in [-0.39, 0.29) is 0 Å². The molecular formula is C14H12N4S. The molecule has 19 heavy (non-hydrogen) atoms. The first-order valence-corrected chi connectivity index (χ1v) is 6.65. The molecule has 3 aromatic rings. The van der Waals surface area contributed by atoms with Crippen molar-refractivity contribution in [1.82, 2.24) is 15.0 Å². The van der Waals surface area contributed by atoms with Gasteiger partial charge in [-0.1, -0.05) is 0 Å². The van der Waals surface area contributed by atoms with Gasteiger partial charge in [-0.25, -0.2) is 9.97 Å². The fraction of sp³-hybridized carbons (Fsp3) is 0.0714. The molecule has 0 aliphatic rings. The Labute approximate surface area is 115 Å². The van der Waals surface area contributed by atoms with Crippen LogP contribution in [0.5, 0.6) is 0 Å². The molecule has 0 unspecified atom stereocenters. The fourth-order valence-electron chi connectivity index (χ4n) is 1.76. The van der Waals surface area contributed by atoms with Gasteiger partial charge in [0.2, 0.25) is 0 Å². The summed E-state index contributed by atoms with van der Waals surface area (Å²) in [6.07, 6.45) is 5.41. The minimum atomic E-state index is 0.716. The van der Waals surface area contributed by atoms with E-state index in [1.165, 1.54) is 11.8 Å². The van der Waals surface area contributed by atoms with Gasteiger partial charge >= 0.3 is 0 Å². The molecule has 3 rings (SSSR count). The molecule has 0 saturated heterocycles. The molecule has 94 valence electrons. The average molecular weight is 268 g/mol. The predicted octanol–water partition coefficient (Wildman–Crippen LogP) is 3.07. The Morgan fingerprint density at radius 2 is 1.84 bits per heavy atom. The Kier molecular flexibility index (Phi) is 3.05. The lowest BCUT2D eigenvalue weighted by atomic mass is 10.2. The third-order valence-electron chi connectivity index (χ3n) is 2.69. The minimum Gasteiger partial charge on any atom is -0.399 e. The van der Waals surface area contributed by atoms with E-state index in [0.29, 0.717) is 5.69 Å². The van der Waals surface area contributed by atoms with Gasteiger partial charge in [-0.05, 0) is 48.5 Å². The van der Waals surface area contributed by atoms with Crippen LogP contribution in [0.4, 0.5) is 5.69 Å². The standard InChI is InChI=1S/C14H12N4S/c1-9-7-17-14(18-8-9)19-13-4-5-16-12-6-10(15)2-3-11(12)13/h2-8H,15H2,1H3. The summed E-state index contributed by atoms with van der Waals surface area (Å²) in [6, 6.07) is 7.69. The first-order valence-electron chi connectivity index (χ1n) is 5.83. The van der Waals surface area contributed by atoms with Gasteiger partial charge in [0.1, 0.15) is 0 Å². The maximum atomic E-state index is 5.77. The van der Waals surface area contributed by atoms with Crippen molar-refractivity contribution in [1.29, 1.82) is 0 Å². The number of rotatable bonds is 2. The fourth-order valence-corrected chi connectivity index (χ4v) is 2.58. The van der Waals surface area contributed by atoms with Crippen molar-refractivity contribution in [2.24, 2.45) is 0 Å². The molecule has 0 fully saturated rings. The van der Waals surface area contributed by atoms with E-state index in [0.717, 1.165) is 26.5 Å². The molecule has 2 heterocycles. The van der Waals surface area contributed by atoms with Crippen LogP contribution in [-0.4, -0.2) is 15.0 Å². The second-order valence-corrected chi connectivity index (χ2v) is 5.24. The lowest BCUT2D eigenvalue weighted by molar-refractivity contribution is 0.950. The molecule has 0 aliphatic carbocycles. The SMILES string of the molecule is Cc1cnc(Sc2ccnc3cc(N)ccc23)nc1. The van der Waals surface area contributed by atoms with E-state index in [4.69, 9.17) is 5.73 Å². The number of pyridine rings is 1. The van der Waals surface area contributed by atoms with E-state index in [2.05, 4.69) is 15.0 Å². The van der Waals surface area contributed by atoms with Gasteiger partial charge in [0, 0.05) is 34.6 Å². The van der Waals surface area contributed by atoms with Crippen LogP contribution < -0.4 is 5.73 Å². The number of benzene rings is 1. The molecular weight excluding hydrogens is 256 g/mol. The Bertz CT molecular complexity index is 725. The third kappa shape index (κ3) is 2.51. The van der Waals surface area contributed by atoms with Crippen LogP contribution in [0.15, 0.2) is 52.9 Å². The van der Waals surface area contributed by atoms with Crippen molar-refractivity contribution in [2.75, 3.05) is 5.73 Å². The molecule has 0 spiro atoms. The summed E-state index contributed by atoms with van der Waals surface area (Å²) < 4.78 is 0. The Balaban J connectivity index is 2.03. The van der Waals surface area contributed by atoms with Crippen LogP contribution in [0.25, 0.3) is 10.9 Å². The number of nitrogens with zero attached hydrogens (tertiary/aromatic N) is 3. The topological polar surface area (TPSA) is 64.7 Å². The average Bonchev–Trinajstić information content (AvgIpc) is 2.41. The molecule has 1 aromatic carbocycles. The summed E-state index contributed by atoms with van der Waals surface area (Å²) in [6.45, 7) is 1.97. The van der Waals surface area contributed by atoms with Crippen LogP contribution in [0.3, 0.4) is 0 Å². The number of nitrogens with two attached hydrogens (primary N) is 1. The van der Waals surface area contributed by atoms with Gasteiger partial charge in [-0.3, -0.25) is 4.98 Å². The highest BCUT2D eigenvalue weighted by atomic mass is 32.2. The monoisotopic (exact) mass is 268 g/mol. The van der Waals surface area contributed by atoms with E-state index in [1.54, 1.807) is 6.20 Å². The molecule has 5 heteroatoms. The van der Waals surface area contributed by atoms with E-state index < -0.39 is 0 Å². The summed E-state index contributed by atoms with van der Waals surface area (Å²) in [5.74, 6) is 0. The highest BCUT2D eigenvalue weighted by molar-refractivity contribution is 7.99. The van der Waals surface area contributed by atoms with E-state index >= 15 is 0 Å². The van der Waals surface area contributed by atoms with Crippen molar-refractivity contribution in [3.05, 3.63) is 48.4 Å². The maximum Gasteiger partial charge on any atom is 0.192 e. The molecule has 0 amide bonds. The van der Waals surface area contributed by atoms with Crippen LogP contribution in [0.1, 0.15) is 5.56 Å². The maximum absolute atomic E-state index is 5.77. The summed E-state index contributed by atoms with van der Waals surface area (Å²) >= 11 is 1.53. The summed E-state index contributed by atoms with van der Waals surface area (Å²) in [5, 5.41) is 1.79. The van der Waals surface area contributed by atoms with Crippen molar-refractivity contribution in [2.45, 2.75) is 17.0 Å². The smallest absolute Gasteiger partial charge is 0.192 e. The number of fused-ring (bicyclic) bond motifs is 1.